The minimum Gasteiger partial charge on any atom is -0.365 e. The van der Waals surface area contributed by atoms with Crippen LogP contribution in [0.15, 0.2) is 29.2 Å². The molecule has 2 heterocycles. The molecule has 1 aliphatic heterocycles. The van der Waals surface area contributed by atoms with Gasteiger partial charge in [-0.25, -0.2) is 0 Å². The standard InChI is InChI=1S/C20H24ClN3O2S2/c1-2-9-24-10-7-15-16(12-24)28-20(18(15)19(22)26)23-17(25)8-11-27-14-5-3-13(21)4-6-14/h3-6H,2,7-12H2,1H3,(H2,22,26)(H,23,25). The number of thiophene rings is 1. The second-order valence-corrected chi connectivity index (χ2v) is 9.41. The van der Waals surface area contributed by atoms with Crippen molar-refractivity contribution in [2.75, 3.05) is 24.2 Å². The highest BCUT2D eigenvalue weighted by Gasteiger charge is 2.27. The van der Waals surface area contributed by atoms with Crippen molar-refractivity contribution in [2.45, 2.75) is 37.6 Å². The van der Waals surface area contributed by atoms with Crippen molar-refractivity contribution in [1.29, 1.82) is 0 Å². The number of halogens is 1. The van der Waals surface area contributed by atoms with Gasteiger partial charge in [0.05, 0.1) is 5.56 Å². The Bertz CT molecular complexity index is 852. The van der Waals surface area contributed by atoms with Crippen molar-refractivity contribution in [1.82, 2.24) is 4.90 Å². The van der Waals surface area contributed by atoms with Crippen LogP contribution in [0.3, 0.4) is 0 Å². The number of rotatable bonds is 8. The third-order valence-electron chi connectivity index (χ3n) is 4.59. The van der Waals surface area contributed by atoms with Crippen LogP contribution in [0.2, 0.25) is 5.02 Å². The maximum Gasteiger partial charge on any atom is 0.251 e. The molecular weight excluding hydrogens is 414 g/mol. The molecule has 0 saturated carbocycles. The summed E-state index contributed by atoms with van der Waals surface area (Å²) >= 11 is 8.96. The summed E-state index contributed by atoms with van der Waals surface area (Å²) in [5, 5.41) is 4.21. The van der Waals surface area contributed by atoms with Gasteiger partial charge in [0, 0.05) is 40.1 Å². The molecule has 0 radical (unpaired) electrons. The van der Waals surface area contributed by atoms with Crippen molar-refractivity contribution in [2.24, 2.45) is 5.73 Å². The summed E-state index contributed by atoms with van der Waals surface area (Å²) in [6, 6.07) is 7.54. The number of anilines is 1. The number of nitrogens with zero attached hydrogens (tertiary/aromatic N) is 1. The van der Waals surface area contributed by atoms with Gasteiger partial charge < -0.3 is 11.1 Å². The lowest BCUT2D eigenvalue weighted by molar-refractivity contribution is -0.115. The van der Waals surface area contributed by atoms with Gasteiger partial charge in [0.25, 0.3) is 5.91 Å². The molecule has 3 N–H and O–H groups in total. The van der Waals surface area contributed by atoms with E-state index in [0.29, 0.717) is 27.8 Å². The molecule has 5 nitrogen and oxygen atoms in total. The highest BCUT2D eigenvalue weighted by molar-refractivity contribution is 7.99. The Balaban J connectivity index is 1.62. The van der Waals surface area contributed by atoms with Crippen LogP contribution in [0.4, 0.5) is 5.00 Å². The van der Waals surface area contributed by atoms with Gasteiger partial charge in [-0.05, 0) is 49.2 Å². The predicted molar refractivity (Wildman–Crippen MR) is 118 cm³/mol. The summed E-state index contributed by atoms with van der Waals surface area (Å²) in [6.45, 7) is 4.93. The van der Waals surface area contributed by atoms with Crippen molar-refractivity contribution in [3.05, 3.63) is 45.3 Å². The van der Waals surface area contributed by atoms with Gasteiger partial charge in [0.2, 0.25) is 5.91 Å². The fraction of sp³-hybridized carbons (Fsp3) is 0.400. The highest BCUT2D eigenvalue weighted by Crippen LogP contribution is 2.37. The molecule has 28 heavy (non-hydrogen) atoms. The Labute approximate surface area is 178 Å². The van der Waals surface area contributed by atoms with Crippen LogP contribution in [0.25, 0.3) is 0 Å². The number of primary amides is 1. The van der Waals surface area contributed by atoms with E-state index < -0.39 is 5.91 Å². The van der Waals surface area contributed by atoms with Gasteiger partial charge in [-0.2, -0.15) is 0 Å². The quantitative estimate of drug-likeness (QED) is 0.600. The molecule has 8 heteroatoms. The lowest BCUT2D eigenvalue weighted by Crippen LogP contribution is -2.31. The van der Waals surface area contributed by atoms with Gasteiger partial charge in [-0.1, -0.05) is 18.5 Å². The second kappa shape index (κ2) is 9.78. The zero-order valence-corrected chi connectivity index (χ0v) is 18.2. The number of nitrogens with two attached hydrogens (primary N) is 1. The fourth-order valence-corrected chi connectivity index (χ4v) is 5.58. The number of hydrogen-bond donors (Lipinski definition) is 2. The molecule has 2 amide bonds. The van der Waals surface area contributed by atoms with E-state index in [9.17, 15) is 9.59 Å². The summed E-state index contributed by atoms with van der Waals surface area (Å²) in [5.41, 5.74) is 7.13. The molecule has 2 aromatic rings. The maximum atomic E-state index is 12.4. The summed E-state index contributed by atoms with van der Waals surface area (Å²) < 4.78 is 0. The van der Waals surface area contributed by atoms with Gasteiger partial charge in [0.1, 0.15) is 5.00 Å². The van der Waals surface area contributed by atoms with Crippen LogP contribution in [-0.4, -0.2) is 35.6 Å². The zero-order chi connectivity index (χ0) is 20.1. The molecule has 0 aliphatic carbocycles. The summed E-state index contributed by atoms with van der Waals surface area (Å²) in [4.78, 5) is 29.0. The van der Waals surface area contributed by atoms with Crippen molar-refractivity contribution >= 4 is 51.5 Å². The predicted octanol–water partition coefficient (Wildman–Crippen LogP) is 4.39. The zero-order valence-electron chi connectivity index (χ0n) is 15.8. The molecule has 0 saturated heterocycles. The van der Waals surface area contributed by atoms with E-state index in [-0.39, 0.29) is 5.91 Å². The van der Waals surface area contributed by atoms with E-state index in [2.05, 4.69) is 17.1 Å². The van der Waals surface area contributed by atoms with Gasteiger partial charge in [-0.3, -0.25) is 14.5 Å². The second-order valence-electron chi connectivity index (χ2n) is 6.70. The molecule has 0 fully saturated rings. The Hall–Kier alpha value is -1.54. The number of nitrogens with one attached hydrogen (secondary N) is 1. The van der Waals surface area contributed by atoms with E-state index in [1.807, 2.05) is 24.3 Å². The summed E-state index contributed by atoms with van der Waals surface area (Å²) in [5.74, 6) is 0.0783. The monoisotopic (exact) mass is 437 g/mol. The summed E-state index contributed by atoms with van der Waals surface area (Å²) in [7, 11) is 0. The van der Waals surface area contributed by atoms with Crippen molar-refractivity contribution < 1.29 is 9.59 Å². The van der Waals surface area contributed by atoms with Gasteiger partial charge in [-0.15, -0.1) is 23.1 Å². The molecule has 0 spiro atoms. The lowest BCUT2D eigenvalue weighted by atomic mass is 10.0. The molecule has 1 aliphatic rings. The van der Waals surface area contributed by atoms with E-state index in [1.54, 1.807) is 11.8 Å². The number of carbonyl (C=O) groups is 2. The Kier molecular flexibility index (Phi) is 7.40. The molecule has 0 unspecified atom stereocenters. The van der Waals surface area contributed by atoms with Crippen LogP contribution in [0, 0.1) is 0 Å². The van der Waals surface area contributed by atoms with Crippen LogP contribution >= 0.6 is 34.7 Å². The third-order valence-corrected chi connectivity index (χ3v) is 6.98. The first-order valence-corrected chi connectivity index (χ1v) is 11.5. The SMILES string of the molecule is CCCN1CCc2c(sc(NC(=O)CCSc3ccc(Cl)cc3)c2C(N)=O)C1. The van der Waals surface area contributed by atoms with Crippen LogP contribution in [0.1, 0.15) is 40.6 Å². The molecule has 1 aromatic heterocycles. The molecular formula is C20H24ClN3O2S2. The fourth-order valence-electron chi connectivity index (χ4n) is 3.29. The average molecular weight is 438 g/mol. The molecule has 0 atom stereocenters. The molecule has 150 valence electrons. The minimum atomic E-state index is -0.465. The Morgan fingerprint density at radius 1 is 1.32 bits per heavy atom. The van der Waals surface area contributed by atoms with Crippen molar-refractivity contribution in [3.8, 4) is 0 Å². The summed E-state index contributed by atoms with van der Waals surface area (Å²) in [6.07, 6.45) is 2.25. The highest BCUT2D eigenvalue weighted by atomic mass is 35.5. The molecule has 1 aromatic carbocycles. The first-order chi connectivity index (χ1) is 13.5. The number of fused-ring (bicyclic) bond motifs is 1. The van der Waals surface area contributed by atoms with Crippen LogP contribution < -0.4 is 11.1 Å². The number of amides is 2. The first kappa shape index (κ1) is 21.2. The average Bonchev–Trinajstić information content (AvgIpc) is 3.00. The Morgan fingerprint density at radius 2 is 2.07 bits per heavy atom. The minimum absolute atomic E-state index is 0.104. The first-order valence-electron chi connectivity index (χ1n) is 9.32. The normalized spacial score (nSPS) is 13.9. The maximum absolute atomic E-state index is 12.4. The molecule has 3 rings (SSSR count). The van der Waals surface area contributed by atoms with E-state index in [0.717, 1.165) is 47.8 Å². The number of benzene rings is 1. The van der Waals surface area contributed by atoms with Crippen LogP contribution in [-0.2, 0) is 17.8 Å². The third kappa shape index (κ3) is 5.29. The van der Waals surface area contributed by atoms with E-state index in [4.69, 9.17) is 17.3 Å². The number of hydrogen-bond acceptors (Lipinski definition) is 5. The lowest BCUT2D eigenvalue weighted by Gasteiger charge is -2.26. The van der Waals surface area contributed by atoms with E-state index in [1.165, 1.54) is 11.3 Å². The largest absolute Gasteiger partial charge is 0.365 e. The van der Waals surface area contributed by atoms with Crippen LogP contribution in [0.5, 0.6) is 0 Å². The van der Waals surface area contributed by atoms with Crippen molar-refractivity contribution in [3.63, 3.8) is 0 Å². The van der Waals surface area contributed by atoms with Gasteiger partial charge >= 0.3 is 0 Å². The number of thioether (sulfide) groups is 1. The Morgan fingerprint density at radius 3 is 2.75 bits per heavy atom. The van der Waals surface area contributed by atoms with Gasteiger partial charge in [0.15, 0.2) is 0 Å². The smallest absolute Gasteiger partial charge is 0.251 e. The molecule has 0 bridgehead atoms. The van der Waals surface area contributed by atoms with E-state index >= 15 is 0 Å². The number of carbonyl (C=O) groups excluding carboxylic acids is 2. The topological polar surface area (TPSA) is 75.4 Å².